The number of nitro groups is 1. The second kappa shape index (κ2) is 8.70. The van der Waals surface area contributed by atoms with Crippen molar-refractivity contribution in [3.05, 3.63) is 69.2 Å². The molecule has 0 atom stereocenters. The van der Waals surface area contributed by atoms with E-state index in [4.69, 9.17) is 11.6 Å². The number of carbonyl (C=O) groups is 1. The Morgan fingerprint density at radius 1 is 1.21 bits per heavy atom. The highest BCUT2D eigenvalue weighted by Crippen LogP contribution is 2.22. The van der Waals surface area contributed by atoms with Gasteiger partial charge in [0.15, 0.2) is 0 Å². The van der Waals surface area contributed by atoms with Crippen molar-refractivity contribution in [2.24, 2.45) is 0 Å². The number of nitro benzene ring substituents is 1. The maximum absolute atomic E-state index is 12.2. The summed E-state index contributed by atoms with van der Waals surface area (Å²) in [4.78, 5) is 25.4. The first kappa shape index (κ1) is 18.3. The molecule has 0 aliphatic heterocycles. The molecule has 0 aromatic heterocycles. The van der Waals surface area contributed by atoms with Gasteiger partial charge in [0, 0.05) is 40.8 Å². The second-order valence-electron chi connectivity index (χ2n) is 5.19. The van der Waals surface area contributed by atoms with Crippen molar-refractivity contribution in [1.82, 2.24) is 4.90 Å². The second-order valence-corrected chi connectivity index (χ2v) is 6.79. The first-order valence-electron chi connectivity index (χ1n) is 7.32. The van der Waals surface area contributed by atoms with Gasteiger partial charge in [0.05, 0.1) is 11.5 Å². The summed E-state index contributed by atoms with van der Waals surface area (Å²) in [5.74, 6) is 0.594. The van der Waals surface area contributed by atoms with E-state index in [0.717, 1.165) is 4.90 Å². The van der Waals surface area contributed by atoms with Crippen LogP contribution >= 0.6 is 23.4 Å². The Hall–Kier alpha value is -2.05. The van der Waals surface area contributed by atoms with E-state index in [9.17, 15) is 14.9 Å². The third kappa shape index (κ3) is 5.25. The van der Waals surface area contributed by atoms with Crippen LogP contribution in [0.4, 0.5) is 5.69 Å². The van der Waals surface area contributed by atoms with E-state index in [2.05, 4.69) is 0 Å². The number of hydrogen-bond acceptors (Lipinski definition) is 4. The molecule has 0 aliphatic carbocycles. The maximum Gasteiger partial charge on any atom is 0.274 e. The van der Waals surface area contributed by atoms with E-state index in [-0.39, 0.29) is 18.1 Å². The lowest BCUT2D eigenvalue weighted by molar-refractivity contribution is -0.385. The van der Waals surface area contributed by atoms with Gasteiger partial charge in [-0.25, -0.2) is 0 Å². The van der Waals surface area contributed by atoms with Crippen LogP contribution in [0.3, 0.4) is 0 Å². The predicted octanol–water partition coefficient (Wildman–Crippen LogP) is 4.39. The summed E-state index contributed by atoms with van der Waals surface area (Å²) in [6, 6.07) is 13.9. The van der Waals surface area contributed by atoms with E-state index >= 15 is 0 Å². The first-order valence-corrected chi connectivity index (χ1v) is 8.68. The summed E-state index contributed by atoms with van der Waals surface area (Å²) in [6.07, 6.45) is 0.366. The zero-order valence-corrected chi connectivity index (χ0v) is 14.7. The van der Waals surface area contributed by atoms with Crippen molar-refractivity contribution in [3.63, 3.8) is 0 Å². The number of amides is 1. The van der Waals surface area contributed by atoms with Crippen LogP contribution in [0.2, 0.25) is 5.02 Å². The van der Waals surface area contributed by atoms with Crippen molar-refractivity contribution in [1.29, 1.82) is 0 Å². The average Bonchev–Trinajstić information content (AvgIpc) is 2.56. The number of thioether (sulfide) groups is 1. The van der Waals surface area contributed by atoms with E-state index in [1.54, 1.807) is 37.0 Å². The van der Waals surface area contributed by atoms with Gasteiger partial charge < -0.3 is 4.90 Å². The van der Waals surface area contributed by atoms with Crippen LogP contribution in [0.1, 0.15) is 12.0 Å². The standard InChI is InChI=1S/C17H17ClN2O3S/c1-19(12-13-4-2-3-5-16(13)20(22)23)17(21)10-11-24-15-8-6-14(18)7-9-15/h2-9H,10-12H2,1H3. The Balaban J connectivity index is 1.86. The molecular formula is C17H17ClN2O3S. The number of para-hydroxylation sites is 1. The van der Waals surface area contributed by atoms with Gasteiger partial charge in [0.2, 0.25) is 5.91 Å². The van der Waals surface area contributed by atoms with Gasteiger partial charge >= 0.3 is 0 Å². The quantitative estimate of drug-likeness (QED) is 0.415. The molecule has 0 unspecified atom stereocenters. The molecule has 0 radical (unpaired) electrons. The zero-order chi connectivity index (χ0) is 17.5. The highest BCUT2D eigenvalue weighted by atomic mass is 35.5. The van der Waals surface area contributed by atoms with Crippen LogP contribution in [0.25, 0.3) is 0 Å². The van der Waals surface area contributed by atoms with Crippen LogP contribution in [0.15, 0.2) is 53.4 Å². The van der Waals surface area contributed by atoms with Gasteiger partial charge in [0.1, 0.15) is 0 Å². The Labute approximate surface area is 149 Å². The molecule has 0 saturated heterocycles. The molecule has 2 rings (SSSR count). The number of rotatable bonds is 7. The highest BCUT2D eigenvalue weighted by Gasteiger charge is 2.16. The number of carbonyl (C=O) groups excluding carboxylic acids is 1. The molecule has 0 heterocycles. The normalized spacial score (nSPS) is 10.4. The molecule has 0 spiro atoms. The summed E-state index contributed by atoms with van der Waals surface area (Å²) in [5, 5.41) is 11.7. The Bertz CT molecular complexity index is 722. The van der Waals surface area contributed by atoms with Crippen molar-refractivity contribution >= 4 is 35.0 Å². The van der Waals surface area contributed by atoms with Crippen LogP contribution in [0.5, 0.6) is 0 Å². The molecular weight excluding hydrogens is 348 g/mol. The van der Waals surface area contributed by atoms with Crippen molar-refractivity contribution in [2.75, 3.05) is 12.8 Å². The highest BCUT2D eigenvalue weighted by molar-refractivity contribution is 7.99. The topological polar surface area (TPSA) is 63.4 Å². The summed E-state index contributed by atoms with van der Waals surface area (Å²) in [7, 11) is 1.66. The predicted molar refractivity (Wildman–Crippen MR) is 96.4 cm³/mol. The monoisotopic (exact) mass is 364 g/mol. The fourth-order valence-corrected chi connectivity index (χ4v) is 3.11. The minimum absolute atomic E-state index is 0.0349. The molecule has 2 aromatic carbocycles. The van der Waals surface area contributed by atoms with E-state index < -0.39 is 4.92 Å². The van der Waals surface area contributed by atoms with Gasteiger partial charge in [0.25, 0.3) is 5.69 Å². The number of halogens is 1. The Kier molecular flexibility index (Phi) is 6.63. The van der Waals surface area contributed by atoms with E-state index in [0.29, 0.717) is 22.8 Å². The van der Waals surface area contributed by atoms with Gasteiger partial charge in [-0.05, 0) is 24.3 Å². The third-order valence-electron chi connectivity index (χ3n) is 3.42. The lowest BCUT2D eigenvalue weighted by atomic mass is 10.1. The Morgan fingerprint density at radius 2 is 1.88 bits per heavy atom. The zero-order valence-electron chi connectivity index (χ0n) is 13.1. The molecule has 0 fully saturated rings. The van der Waals surface area contributed by atoms with Crippen LogP contribution in [-0.4, -0.2) is 28.5 Å². The summed E-state index contributed by atoms with van der Waals surface area (Å²) in [5.41, 5.74) is 0.566. The molecule has 0 saturated carbocycles. The number of hydrogen-bond donors (Lipinski definition) is 0. The maximum atomic E-state index is 12.2. The Morgan fingerprint density at radius 3 is 2.54 bits per heavy atom. The molecule has 0 aliphatic rings. The molecule has 7 heteroatoms. The minimum Gasteiger partial charge on any atom is -0.341 e. The van der Waals surface area contributed by atoms with Gasteiger partial charge in [-0.15, -0.1) is 11.8 Å². The van der Waals surface area contributed by atoms with E-state index in [1.807, 2.05) is 24.3 Å². The minimum atomic E-state index is -0.427. The van der Waals surface area contributed by atoms with Crippen molar-refractivity contribution in [3.8, 4) is 0 Å². The van der Waals surface area contributed by atoms with Crippen molar-refractivity contribution in [2.45, 2.75) is 17.9 Å². The van der Waals surface area contributed by atoms with Crippen LogP contribution in [0, 0.1) is 10.1 Å². The van der Waals surface area contributed by atoms with Crippen LogP contribution < -0.4 is 0 Å². The van der Waals surface area contributed by atoms with Crippen molar-refractivity contribution < 1.29 is 9.72 Å². The smallest absolute Gasteiger partial charge is 0.274 e. The largest absolute Gasteiger partial charge is 0.341 e. The molecule has 24 heavy (non-hydrogen) atoms. The molecule has 126 valence electrons. The fourth-order valence-electron chi connectivity index (χ4n) is 2.14. The summed E-state index contributed by atoms with van der Waals surface area (Å²) >= 11 is 7.41. The molecule has 5 nitrogen and oxygen atoms in total. The molecule has 0 N–H and O–H groups in total. The fraction of sp³-hybridized carbons (Fsp3) is 0.235. The van der Waals surface area contributed by atoms with Gasteiger partial charge in [-0.2, -0.15) is 0 Å². The third-order valence-corrected chi connectivity index (χ3v) is 4.69. The number of benzene rings is 2. The summed E-state index contributed by atoms with van der Waals surface area (Å²) < 4.78 is 0. The summed E-state index contributed by atoms with van der Waals surface area (Å²) in [6.45, 7) is 0.224. The first-order chi connectivity index (χ1) is 11.5. The molecule has 2 aromatic rings. The average molecular weight is 365 g/mol. The van der Waals surface area contributed by atoms with Crippen LogP contribution in [-0.2, 0) is 11.3 Å². The molecule has 0 bridgehead atoms. The van der Waals surface area contributed by atoms with E-state index in [1.165, 1.54) is 11.0 Å². The SMILES string of the molecule is CN(Cc1ccccc1[N+](=O)[O-])C(=O)CCSc1ccc(Cl)cc1. The van der Waals surface area contributed by atoms with Gasteiger partial charge in [-0.1, -0.05) is 29.8 Å². The molecule has 1 amide bonds. The van der Waals surface area contributed by atoms with Gasteiger partial charge in [-0.3, -0.25) is 14.9 Å². The lowest BCUT2D eigenvalue weighted by Crippen LogP contribution is -2.26. The lowest BCUT2D eigenvalue weighted by Gasteiger charge is -2.17. The number of nitrogens with zero attached hydrogens (tertiary/aromatic N) is 2.